The fourth-order valence-electron chi connectivity index (χ4n) is 2.21. The van der Waals surface area contributed by atoms with Gasteiger partial charge in [-0.3, -0.25) is 4.18 Å². The molecular weight excluding hydrogens is 295 g/mol. The summed E-state index contributed by atoms with van der Waals surface area (Å²) >= 11 is 0. The normalized spacial score (nSPS) is 11.3. The van der Waals surface area contributed by atoms with Crippen LogP contribution in [0.1, 0.15) is 90.9 Å². The molecule has 0 aliphatic heterocycles. The molecule has 0 fully saturated rings. The van der Waals surface area contributed by atoms with E-state index in [1.807, 2.05) is 0 Å². The molecule has 0 aromatic heterocycles. The van der Waals surface area contributed by atoms with Crippen LogP contribution in [-0.2, 0) is 14.3 Å². The molecule has 0 aliphatic carbocycles. The number of hydrogen-bond acceptors (Lipinski definition) is 3. The topological polar surface area (TPSA) is 43.4 Å². The van der Waals surface area contributed by atoms with E-state index in [-0.39, 0.29) is 35.3 Å². The van der Waals surface area contributed by atoms with Gasteiger partial charge >= 0.3 is 29.6 Å². The van der Waals surface area contributed by atoms with Gasteiger partial charge in [0.05, 0.1) is 12.4 Å². The zero-order chi connectivity index (χ0) is 15.1. The summed E-state index contributed by atoms with van der Waals surface area (Å²) in [4.78, 5) is 0. The molecule has 0 spiro atoms. The van der Waals surface area contributed by atoms with Crippen molar-refractivity contribution in [1.29, 1.82) is 0 Å². The van der Waals surface area contributed by atoms with Gasteiger partial charge in [0.2, 0.25) is 0 Å². The zero-order valence-electron chi connectivity index (χ0n) is 13.5. The Bertz CT molecular complexity index is 292. The molecule has 3 nitrogen and oxygen atoms in total. The molecule has 0 amide bonds. The molecular formula is C16H35NaO3S. The molecule has 0 aromatic rings. The third kappa shape index (κ3) is 18.9. The molecule has 21 heavy (non-hydrogen) atoms. The van der Waals surface area contributed by atoms with E-state index in [4.69, 9.17) is 4.18 Å². The first kappa shape index (κ1) is 24.2. The van der Waals surface area contributed by atoms with E-state index < -0.39 is 10.1 Å². The van der Waals surface area contributed by atoms with Crippen LogP contribution in [0.3, 0.4) is 0 Å². The predicted octanol–water partition coefficient (Wildman–Crippen LogP) is 4.41. The Kier molecular flexibility index (Phi) is 19.9. The fraction of sp³-hybridized carbons (Fsp3) is 1.00. The Morgan fingerprint density at radius 1 is 0.667 bits per heavy atom. The van der Waals surface area contributed by atoms with E-state index in [2.05, 4.69) is 6.92 Å². The van der Waals surface area contributed by atoms with Crippen molar-refractivity contribution >= 4 is 39.7 Å². The van der Waals surface area contributed by atoms with Crippen LogP contribution in [0.15, 0.2) is 0 Å². The van der Waals surface area contributed by atoms with Crippen LogP contribution in [-0.4, -0.2) is 50.3 Å². The molecule has 0 heterocycles. The van der Waals surface area contributed by atoms with Gasteiger partial charge in [0.15, 0.2) is 0 Å². The van der Waals surface area contributed by atoms with Gasteiger partial charge in [0, 0.05) is 0 Å². The monoisotopic (exact) mass is 330 g/mol. The molecule has 0 aromatic carbocycles. The van der Waals surface area contributed by atoms with Gasteiger partial charge in [0.1, 0.15) is 0 Å². The standard InChI is InChI=1S/C16H34O3S.Na.H/c1-3-5-6-7-8-9-10-11-12-13-14-15-16-19-20(17,18)4-2;;/h3-16H2,1-2H3;;. The first-order valence-electron chi connectivity index (χ1n) is 8.49. The molecule has 0 atom stereocenters. The molecule has 0 bridgehead atoms. The van der Waals surface area contributed by atoms with E-state index in [0.717, 1.165) is 12.8 Å². The minimum atomic E-state index is -3.23. The van der Waals surface area contributed by atoms with Crippen LogP contribution in [0.2, 0.25) is 0 Å². The van der Waals surface area contributed by atoms with E-state index in [9.17, 15) is 8.42 Å². The van der Waals surface area contributed by atoms with Crippen molar-refractivity contribution in [3.05, 3.63) is 0 Å². The molecule has 0 rings (SSSR count). The van der Waals surface area contributed by atoms with Crippen molar-refractivity contribution < 1.29 is 12.6 Å². The Labute approximate surface area is 155 Å². The van der Waals surface area contributed by atoms with Crippen LogP contribution in [0.25, 0.3) is 0 Å². The maximum atomic E-state index is 11.1. The Hall–Kier alpha value is 0.910. The van der Waals surface area contributed by atoms with E-state index in [1.165, 1.54) is 64.2 Å². The number of rotatable bonds is 15. The van der Waals surface area contributed by atoms with Crippen LogP contribution in [0.4, 0.5) is 0 Å². The van der Waals surface area contributed by atoms with Gasteiger partial charge in [-0.05, 0) is 13.3 Å². The maximum absolute atomic E-state index is 11.1. The van der Waals surface area contributed by atoms with Gasteiger partial charge in [-0.15, -0.1) is 0 Å². The van der Waals surface area contributed by atoms with Crippen molar-refractivity contribution in [3.63, 3.8) is 0 Å². The third-order valence-corrected chi connectivity index (χ3v) is 4.85. The summed E-state index contributed by atoms with van der Waals surface area (Å²) in [5.41, 5.74) is 0. The van der Waals surface area contributed by atoms with Crippen LogP contribution in [0.5, 0.6) is 0 Å². The van der Waals surface area contributed by atoms with Crippen molar-refractivity contribution in [2.75, 3.05) is 12.4 Å². The van der Waals surface area contributed by atoms with E-state index in [0.29, 0.717) is 6.61 Å². The first-order valence-corrected chi connectivity index (χ1v) is 10.1. The molecule has 124 valence electrons. The van der Waals surface area contributed by atoms with Gasteiger partial charge in [0.25, 0.3) is 10.1 Å². The molecule has 0 N–H and O–H groups in total. The van der Waals surface area contributed by atoms with Crippen molar-refractivity contribution in [1.82, 2.24) is 0 Å². The van der Waals surface area contributed by atoms with E-state index >= 15 is 0 Å². The Morgan fingerprint density at radius 2 is 1.05 bits per heavy atom. The molecule has 0 radical (unpaired) electrons. The second kappa shape index (κ2) is 17.3. The molecule has 0 saturated heterocycles. The van der Waals surface area contributed by atoms with E-state index in [1.54, 1.807) is 6.92 Å². The van der Waals surface area contributed by atoms with Gasteiger partial charge in [-0.1, -0.05) is 77.6 Å². The van der Waals surface area contributed by atoms with Crippen LogP contribution >= 0.6 is 0 Å². The summed E-state index contributed by atoms with van der Waals surface area (Å²) in [7, 11) is -3.23. The summed E-state index contributed by atoms with van der Waals surface area (Å²) in [6.45, 7) is 4.22. The first-order chi connectivity index (χ1) is 9.62. The SMILES string of the molecule is CCCCCCCCCCCCCCOS(=O)(=O)CC.[NaH]. The Balaban J connectivity index is 0. The third-order valence-electron chi connectivity index (χ3n) is 3.61. The molecule has 0 aliphatic rings. The molecule has 0 saturated carbocycles. The summed E-state index contributed by atoms with van der Waals surface area (Å²) in [5.74, 6) is 0.0747. The summed E-state index contributed by atoms with van der Waals surface area (Å²) in [6.07, 6.45) is 15.4. The van der Waals surface area contributed by atoms with Gasteiger partial charge < -0.3 is 0 Å². The summed E-state index contributed by atoms with van der Waals surface area (Å²) in [6, 6.07) is 0. The second-order valence-corrected chi connectivity index (χ2v) is 7.49. The van der Waals surface area contributed by atoms with Crippen molar-refractivity contribution in [2.24, 2.45) is 0 Å². The fourth-order valence-corrected chi connectivity index (χ4v) is 2.75. The average molecular weight is 331 g/mol. The van der Waals surface area contributed by atoms with Crippen molar-refractivity contribution in [2.45, 2.75) is 90.9 Å². The number of unbranched alkanes of at least 4 members (excludes halogenated alkanes) is 11. The minimum absolute atomic E-state index is 0. The number of hydrogen-bond donors (Lipinski definition) is 0. The Morgan fingerprint density at radius 3 is 1.43 bits per heavy atom. The molecule has 0 unspecified atom stereocenters. The average Bonchev–Trinajstić information content (AvgIpc) is 2.44. The van der Waals surface area contributed by atoms with Gasteiger partial charge in [-0.25, -0.2) is 0 Å². The quantitative estimate of drug-likeness (QED) is 0.254. The summed E-state index contributed by atoms with van der Waals surface area (Å²) < 4.78 is 27.0. The van der Waals surface area contributed by atoms with Crippen LogP contribution < -0.4 is 0 Å². The molecule has 5 heteroatoms. The zero-order valence-corrected chi connectivity index (χ0v) is 14.3. The van der Waals surface area contributed by atoms with Gasteiger partial charge in [-0.2, -0.15) is 8.42 Å². The summed E-state index contributed by atoms with van der Waals surface area (Å²) in [5, 5.41) is 0. The predicted molar refractivity (Wildman–Crippen MR) is 93.6 cm³/mol. The second-order valence-electron chi connectivity index (χ2n) is 5.56. The van der Waals surface area contributed by atoms with Crippen LogP contribution in [0, 0.1) is 0 Å². The van der Waals surface area contributed by atoms with Crippen molar-refractivity contribution in [3.8, 4) is 0 Å².